The molecule has 0 bridgehead atoms. The monoisotopic (exact) mass is 438 g/mol. The molecule has 0 aliphatic heterocycles. The summed E-state index contributed by atoms with van der Waals surface area (Å²) in [4.78, 5) is 34.7. The third-order valence-corrected chi connectivity index (χ3v) is 4.60. The predicted octanol–water partition coefficient (Wildman–Crippen LogP) is 4.77. The first-order valence-corrected chi connectivity index (χ1v) is 10.4. The summed E-state index contributed by atoms with van der Waals surface area (Å²) in [6.45, 7) is 9.25. The molecule has 0 aliphatic carbocycles. The number of fused-ring (bicyclic) bond motifs is 1. The van der Waals surface area contributed by atoms with Crippen molar-refractivity contribution in [3.63, 3.8) is 0 Å². The number of ether oxygens (including phenoxy) is 1. The third-order valence-electron chi connectivity index (χ3n) is 4.60. The van der Waals surface area contributed by atoms with Gasteiger partial charge >= 0.3 is 6.09 Å². The fourth-order valence-corrected chi connectivity index (χ4v) is 3.38. The van der Waals surface area contributed by atoms with E-state index in [1.807, 2.05) is 0 Å². The number of carbonyl (C=O) groups is 2. The topological polar surface area (TPSA) is 93.2 Å². The normalized spacial score (nSPS) is 12.3. The summed E-state index contributed by atoms with van der Waals surface area (Å²) < 4.78 is 19.5. The molecule has 2 heterocycles. The SMILES string of the molecule is CCNC(=O)c1c(-c2ccccn2)c(C(C)NC(=O)OC(C)(C)C)nc2ccc(F)cc12. The van der Waals surface area contributed by atoms with Crippen molar-refractivity contribution in [2.45, 2.75) is 46.3 Å². The van der Waals surface area contributed by atoms with Gasteiger partial charge in [0.2, 0.25) is 0 Å². The van der Waals surface area contributed by atoms with Gasteiger partial charge in [0.15, 0.2) is 0 Å². The van der Waals surface area contributed by atoms with Gasteiger partial charge in [-0.1, -0.05) is 6.07 Å². The van der Waals surface area contributed by atoms with Crippen LogP contribution < -0.4 is 10.6 Å². The van der Waals surface area contributed by atoms with Crippen LogP contribution in [0.3, 0.4) is 0 Å². The molecule has 0 spiro atoms. The minimum absolute atomic E-state index is 0.253. The van der Waals surface area contributed by atoms with Gasteiger partial charge in [0, 0.05) is 23.7 Å². The number of nitrogens with one attached hydrogen (secondary N) is 2. The highest BCUT2D eigenvalue weighted by atomic mass is 19.1. The maximum absolute atomic E-state index is 14.1. The lowest BCUT2D eigenvalue weighted by Gasteiger charge is -2.24. The molecule has 3 aromatic rings. The number of amides is 2. The minimum atomic E-state index is -0.672. The lowest BCUT2D eigenvalue weighted by molar-refractivity contribution is 0.0507. The second-order valence-corrected chi connectivity index (χ2v) is 8.35. The fraction of sp³-hybridized carbons (Fsp3) is 0.333. The molecule has 1 atom stereocenters. The van der Waals surface area contributed by atoms with Gasteiger partial charge in [-0.2, -0.15) is 0 Å². The Morgan fingerprint density at radius 1 is 1.19 bits per heavy atom. The molecule has 0 radical (unpaired) electrons. The molecule has 0 fully saturated rings. The Labute approximate surface area is 186 Å². The maximum Gasteiger partial charge on any atom is 0.408 e. The lowest BCUT2D eigenvalue weighted by Crippen LogP contribution is -2.35. The Balaban J connectivity index is 2.26. The summed E-state index contributed by atoms with van der Waals surface area (Å²) in [5, 5.41) is 5.94. The first-order chi connectivity index (χ1) is 15.1. The summed E-state index contributed by atoms with van der Waals surface area (Å²) in [7, 11) is 0. The van der Waals surface area contributed by atoms with Crippen LogP contribution in [0.4, 0.5) is 9.18 Å². The molecular weight excluding hydrogens is 411 g/mol. The van der Waals surface area contributed by atoms with Crippen LogP contribution in [0, 0.1) is 5.82 Å². The van der Waals surface area contributed by atoms with E-state index >= 15 is 0 Å². The van der Waals surface area contributed by atoms with Crippen molar-refractivity contribution in [1.29, 1.82) is 0 Å². The van der Waals surface area contributed by atoms with Crippen LogP contribution in [0.15, 0.2) is 42.6 Å². The van der Waals surface area contributed by atoms with Gasteiger partial charge in [0.05, 0.1) is 28.5 Å². The van der Waals surface area contributed by atoms with Crippen LogP contribution >= 0.6 is 0 Å². The minimum Gasteiger partial charge on any atom is -0.444 e. The molecule has 2 aromatic heterocycles. The second-order valence-electron chi connectivity index (χ2n) is 8.35. The lowest BCUT2D eigenvalue weighted by atomic mass is 9.94. The zero-order valence-electron chi connectivity index (χ0n) is 18.8. The van der Waals surface area contributed by atoms with E-state index in [4.69, 9.17) is 4.74 Å². The van der Waals surface area contributed by atoms with Gasteiger partial charge in [-0.3, -0.25) is 9.78 Å². The van der Waals surface area contributed by atoms with E-state index in [2.05, 4.69) is 20.6 Å². The van der Waals surface area contributed by atoms with E-state index < -0.39 is 23.6 Å². The number of rotatable bonds is 5. The van der Waals surface area contributed by atoms with E-state index in [0.29, 0.717) is 34.4 Å². The van der Waals surface area contributed by atoms with Gasteiger partial charge in [0.25, 0.3) is 5.91 Å². The van der Waals surface area contributed by atoms with Gasteiger partial charge < -0.3 is 15.4 Å². The molecule has 0 saturated heterocycles. The predicted molar refractivity (Wildman–Crippen MR) is 121 cm³/mol. The standard InChI is InChI=1S/C24H27FN4O3/c1-6-26-22(30)19-16-13-15(25)10-11-17(16)29-21(20(19)18-9-7-8-12-27-18)14(2)28-23(31)32-24(3,4)5/h7-14H,6H2,1-5H3,(H,26,30)(H,28,31). The fourth-order valence-electron chi connectivity index (χ4n) is 3.38. The quantitative estimate of drug-likeness (QED) is 0.598. The Kier molecular flexibility index (Phi) is 6.72. The van der Waals surface area contributed by atoms with Crippen molar-refractivity contribution >= 4 is 22.9 Å². The Morgan fingerprint density at radius 3 is 2.56 bits per heavy atom. The number of aromatic nitrogens is 2. The van der Waals surface area contributed by atoms with Crippen LogP contribution in [0.25, 0.3) is 22.2 Å². The number of halogens is 1. The first kappa shape index (κ1) is 23.1. The zero-order valence-corrected chi connectivity index (χ0v) is 18.8. The molecule has 1 aromatic carbocycles. The molecule has 7 nitrogen and oxygen atoms in total. The van der Waals surface area contributed by atoms with Crippen LogP contribution in [0.5, 0.6) is 0 Å². The van der Waals surface area contributed by atoms with E-state index in [9.17, 15) is 14.0 Å². The van der Waals surface area contributed by atoms with Crippen molar-refractivity contribution in [2.75, 3.05) is 6.54 Å². The first-order valence-electron chi connectivity index (χ1n) is 10.4. The summed E-state index contributed by atoms with van der Waals surface area (Å²) in [6, 6.07) is 8.75. The number of hydrogen-bond acceptors (Lipinski definition) is 5. The molecule has 32 heavy (non-hydrogen) atoms. The van der Waals surface area contributed by atoms with Gasteiger partial charge in [-0.05, 0) is 65.0 Å². The molecular formula is C24H27FN4O3. The van der Waals surface area contributed by atoms with Crippen LogP contribution in [-0.2, 0) is 4.74 Å². The number of carbonyl (C=O) groups excluding carboxylic acids is 2. The number of nitrogens with zero attached hydrogens (tertiary/aromatic N) is 2. The van der Waals surface area contributed by atoms with E-state index in [0.717, 1.165) is 0 Å². The highest BCUT2D eigenvalue weighted by Crippen LogP contribution is 2.34. The molecule has 0 saturated carbocycles. The number of pyridine rings is 2. The molecule has 1 unspecified atom stereocenters. The Morgan fingerprint density at radius 2 is 1.94 bits per heavy atom. The summed E-state index contributed by atoms with van der Waals surface area (Å²) in [5.41, 5.74) is 1.35. The van der Waals surface area contributed by atoms with Crippen molar-refractivity contribution in [1.82, 2.24) is 20.6 Å². The highest BCUT2D eigenvalue weighted by molar-refractivity contribution is 6.11. The number of hydrogen-bond donors (Lipinski definition) is 2. The van der Waals surface area contributed by atoms with Gasteiger partial charge in [0.1, 0.15) is 11.4 Å². The molecule has 0 aliphatic rings. The summed E-state index contributed by atoms with van der Waals surface area (Å²) in [6.07, 6.45) is 0.986. The van der Waals surface area contributed by atoms with Crippen molar-refractivity contribution in [3.8, 4) is 11.3 Å². The van der Waals surface area contributed by atoms with Crippen molar-refractivity contribution < 1.29 is 18.7 Å². The number of benzene rings is 1. The Hall–Kier alpha value is -3.55. The molecule has 2 N–H and O–H groups in total. The smallest absolute Gasteiger partial charge is 0.408 e. The Bertz CT molecular complexity index is 1140. The third kappa shape index (κ3) is 5.19. The number of alkyl carbamates (subject to hydrolysis) is 1. The van der Waals surface area contributed by atoms with Gasteiger partial charge in [-0.25, -0.2) is 14.2 Å². The largest absolute Gasteiger partial charge is 0.444 e. The zero-order chi connectivity index (χ0) is 23.5. The maximum atomic E-state index is 14.1. The summed E-state index contributed by atoms with van der Waals surface area (Å²) >= 11 is 0. The van der Waals surface area contributed by atoms with E-state index in [1.165, 1.54) is 18.2 Å². The average Bonchev–Trinajstić information content (AvgIpc) is 2.71. The van der Waals surface area contributed by atoms with Crippen molar-refractivity contribution in [3.05, 3.63) is 59.7 Å². The van der Waals surface area contributed by atoms with Crippen molar-refractivity contribution in [2.24, 2.45) is 0 Å². The molecule has 3 rings (SSSR count). The highest BCUT2D eigenvalue weighted by Gasteiger charge is 2.27. The molecule has 2 amide bonds. The van der Waals surface area contributed by atoms with E-state index in [1.54, 1.807) is 59.0 Å². The van der Waals surface area contributed by atoms with Gasteiger partial charge in [-0.15, -0.1) is 0 Å². The van der Waals surface area contributed by atoms with Crippen LogP contribution in [0.2, 0.25) is 0 Å². The average molecular weight is 439 g/mol. The summed E-state index contributed by atoms with van der Waals surface area (Å²) in [5.74, 6) is -0.860. The second kappa shape index (κ2) is 9.30. The van der Waals surface area contributed by atoms with E-state index in [-0.39, 0.29) is 11.5 Å². The van der Waals surface area contributed by atoms with Crippen LogP contribution in [0.1, 0.15) is 56.7 Å². The molecule has 8 heteroatoms. The van der Waals surface area contributed by atoms with Crippen LogP contribution in [-0.4, -0.2) is 34.1 Å². The molecule has 168 valence electrons.